The van der Waals surface area contributed by atoms with Crippen molar-refractivity contribution in [3.63, 3.8) is 0 Å². The summed E-state index contributed by atoms with van der Waals surface area (Å²) in [5, 5.41) is 2.75. The van der Waals surface area contributed by atoms with Gasteiger partial charge in [-0.15, -0.1) is 0 Å². The van der Waals surface area contributed by atoms with Crippen LogP contribution in [-0.2, 0) is 20.7 Å². The average molecular weight is 369 g/mol. The highest BCUT2D eigenvalue weighted by molar-refractivity contribution is 5.80. The molecule has 0 heterocycles. The third-order valence-electron chi connectivity index (χ3n) is 4.11. The van der Waals surface area contributed by atoms with Gasteiger partial charge in [-0.25, -0.2) is 4.79 Å². The summed E-state index contributed by atoms with van der Waals surface area (Å²) in [6.45, 7) is 5.92. The van der Waals surface area contributed by atoms with Gasteiger partial charge in [-0.1, -0.05) is 48.0 Å². The molecule has 0 aliphatic heterocycles. The fraction of sp³-hybridized carbons (Fsp3) is 0.364. The van der Waals surface area contributed by atoms with Crippen LogP contribution >= 0.6 is 0 Å². The first-order valence-corrected chi connectivity index (χ1v) is 9.12. The molecule has 0 atom stereocenters. The second-order valence-corrected chi connectivity index (χ2v) is 6.62. The van der Waals surface area contributed by atoms with Gasteiger partial charge < -0.3 is 14.8 Å². The van der Waals surface area contributed by atoms with Crippen LogP contribution in [0.4, 0.5) is 0 Å². The van der Waals surface area contributed by atoms with E-state index in [9.17, 15) is 9.59 Å². The molecule has 2 rings (SSSR count). The van der Waals surface area contributed by atoms with Crippen LogP contribution in [0.2, 0.25) is 0 Å². The number of benzene rings is 2. The van der Waals surface area contributed by atoms with E-state index in [1.807, 2.05) is 51.1 Å². The maximum Gasteiger partial charge on any atom is 0.344 e. The van der Waals surface area contributed by atoms with Crippen LogP contribution in [-0.4, -0.2) is 31.6 Å². The minimum absolute atomic E-state index is 0.216. The Labute approximate surface area is 160 Å². The number of aryl methyl sites for hydroxylation is 4. The highest BCUT2D eigenvalue weighted by Gasteiger charge is 2.11. The Balaban J connectivity index is 1.63. The second-order valence-electron chi connectivity index (χ2n) is 6.62. The Morgan fingerprint density at radius 2 is 1.63 bits per heavy atom. The van der Waals surface area contributed by atoms with E-state index in [0.29, 0.717) is 12.3 Å². The third kappa shape index (κ3) is 7.13. The van der Waals surface area contributed by atoms with E-state index in [0.717, 1.165) is 29.5 Å². The zero-order valence-corrected chi connectivity index (χ0v) is 16.2. The SMILES string of the molecule is Cc1cc(C)c(OCC(=O)OCC(=O)NCCCc2ccccc2)c(C)c1. The van der Waals surface area contributed by atoms with E-state index in [1.54, 1.807) is 0 Å². The molecule has 0 aliphatic rings. The number of rotatable bonds is 9. The van der Waals surface area contributed by atoms with Crippen LogP contribution in [0.5, 0.6) is 5.75 Å². The van der Waals surface area contributed by atoms with E-state index in [-0.39, 0.29) is 19.1 Å². The van der Waals surface area contributed by atoms with Gasteiger partial charge in [-0.05, 0) is 50.3 Å². The molecule has 0 radical (unpaired) electrons. The lowest BCUT2D eigenvalue weighted by Crippen LogP contribution is -2.30. The summed E-state index contributed by atoms with van der Waals surface area (Å²) in [7, 11) is 0. The summed E-state index contributed by atoms with van der Waals surface area (Å²) < 4.78 is 10.5. The number of nitrogens with one attached hydrogen (secondary N) is 1. The van der Waals surface area contributed by atoms with Crippen LogP contribution < -0.4 is 10.1 Å². The smallest absolute Gasteiger partial charge is 0.344 e. The Bertz CT molecular complexity index is 748. The molecular formula is C22H27NO4. The minimum atomic E-state index is -0.561. The van der Waals surface area contributed by atoms with Crippen molar-refractivity contribution in [2.45, 2.75) is 33.6 Å². The lowest BCUT2D eigenvalue weighted by Gasteiger charge is -2.12. The highest BCUT2D eigenvalue weighted by Crippen LogP contribution is 2.24. The number of hydrogen-bond donors (Lipinski definition) is 1. The molecule has 0 aliphatic carbocycles. The molecule has 2 aromatic rings. The summed E-state index contributed by atoms with van der Waals surface area (Å²) in [5.74, 6) is -0.184. The summed E-state index contributed by atoms with van der Waals surface area (Å²) in [6, 6.07) is 14.1. The standard InChI is InChI=1S/C22H27NO4/c1-16-12-17(2)22(18(3)13-16)27-15-21(25)26-14-20(24)23-11-7-10-19-8-5-4-6-9-19/h4-6,8-9,12-13H,7,10-11,14-15H2,1-3H3,(H,23,24). The predicted octanol–water partition coefficient (Wildman–Crippen LogP) is 3.28. The molecule has 144 valence electrons. The number of hydrogen-bond acceptors (Lipinski definition) is 4. The van der Waals surface area contributed by atoms with Crippen LogP contribution in [0.3, 0.4) is 0 Å². The van der Waals surface area contributed by atoms with Crippen molar-refractivity contribution in [2.24, 2.45) is 0 Å². The average Bonchev–Trinajstić information content (AvgIpc) is 2.63. The molecule has 0 aromatic heterocycles. The molecule has 5 nitrogen and oxygen atoms in total. The van der Waals surface area contributed by atoms with Crippen molar-refractivity contribution < 1.29 is 19.1 Å². The number of amides is 1. The van der Waals surface area contributed by atoms with Gasteiger partial charge in [0.1, 0.15) is 5.75 Å². The van der Waals surface area contributed by atoms with Gasteiger partial charge in [0.25, 0.3) is 5.91 Å². The molecular weight excluding hydrogens is 342 g/mol. The van der Waals surface area contributed by atoms with Crippen LogP contribution in [0.25, 0.3) is 0 Å². The minimum Gasteiger partial charge on any atom is -0.481 e. The van der Waals surface area contributed by atoms with Crippen LogP contribution in [0.1, 0.15) is 28.7 Å². The molecule has 0 saturated carbocycles. The predicted molar refractivity (Wildman–Crippen MR) is 105 cm³/mol. The first-order valence-electron chi connectivity index (χ1n) is 9.12. The Kier molecular flexibility index (Phi) is 7.86. The molecule has 1 amide bonds. The van der Waals surface area contributed by atoms with Crippen molar-refractivity contribution in [2.75, 3.05) is 19.8 Å². The second kappa shape index (κ2) is 10.4. The van der Waals surface area contributed by atoms with Gasteiger partial charge in [0, 0.05) is 6.54 Å². The molecule has 5 heteroatoms. The summed E-state index contributed by atoms with van der Waals surface area (Å²) in [6.07, 6.45) is 1.72. The van der Waals surface area contributed by atoms with Crippen molar-refractivity contribution >= 4 is 11.9 Å². The fourth-order valence-corrected chi connectivity index (χ4v) is 2.93. The largest absolute Gasteiger partial charge is 0.481 e. The molecule has 27 heavy (non-hydrogen) atoms. The van der Waals surface area contributed by atoms with Crippen molar-refractivity contribution in [3.8, 4) is 5.75 Å². The Morgan fingerprint density at radius 1 is 0.963 bits per heavy atom. The molecule has 0 bridgehead atoms. The molecule has 0 fully saturated rings. The molecule has 0 unspecified atom stereocenters. The monoisotopic (exact) mass is 369 g/mol. The van der Waals surface area contributed by atoms with Gasteiger partial charge in [0.05, 0.1) is 0 Å². The van der Waals surface area contributed by atoms with E-state index >= 15 is 0 Å². The maximum atomic E-state index is 11.8. The molecule has 0 spiro atoms. The lowest BCUT2D eigenvalue weighted by molar-refractivity contribution is -0.150. The Morgan fingerprint density at radius 3 is 2.30 bits per heavy atom. The number of ether oxygens (including phenoxy) is 2. The number of carbonyl (C=O) groups excluding carboxylic acids is 2. The van der Waals surface area contributed by atoms with Crippen molar-refractivity contribution in [1.29, 1.82) is 0 Å². The first kappa shape index (κ1) is 20.5. The Hall–Kier alpha value is -2.82. The van der Waals surface area contributed by atoms with E-state index in [2.05, 4.69) is 17.4 Å². The van der Waals surface area contributed by atoms with Crippen LogP contribution in [0.15, 0.2) is 42.5 Å². The summed E-state index contributed by atoms with van der Waals surface area (Å²) in [4.78, 5) is 23.5. The quantitative estimate of drug-likeness (QED) is 0.544. The van der Waals surface area contributed by atoms with Crippen molar-refractivity contribution in [1.82, 2.24) is 5.32 Å². The normalized spacial score (nSPS) is 10.3. The molecule has 0 saturated heterocycles. The topological polar surface area (TPSA) is 64.6 Å². The van der Waals surface area contributed by atoms with E-state index in [1.165, 1.54) is 5.56 Å². The van der Waals surface area contributed by atoms with Crippen molar-refractivity contribution in [3.05, 3.63) is 64.7 Å². The van der Waals surface area contributed by atoms with Gasteiger partial charge in [0.2, 0.25) is 0 Å². The zero-order valence-electron chi connectivity index (χ0n) is 16.2. The third-order valence-corrected chi connectivity index (χ3v) is 4.11. The lowest BCUT2D eigenvalue weighted by atomic mass is 10.1. The van der Waals surface area contributed by atoms with Crippen LogP contribution in [0, 0.1) is 20.8 Å². The maximum absolute atomic E-state index is 11.8. The van der Waals surface area contributed by atoms with E-state index < -0.39 is 5.97 Å². The van der Waals surface area contributed by atoms with Gasteiger partial charge in [0.15, 0.2) is 13.2 Å². The highest BCUT2D eigenvalue weighted by atomic mass is 16.6. The zero-order chi connectivity index (χ0) is 19.6. The summed E-state index contributed by atoms with van der Waals surface area (Å²) >= 11 is 0. The van der Waals surface area contributed by atoms with Gasteiger partial charge in [-0.2, -0.15) is 0 Å². The fourth-order valence-electron chi connectivity index (χ4n) is 2.93. The molecule has 1 N–H and O–H groups in total. The van der Waals surface area contributed by atoms with E-state index in [4.69, 9.17) is 9.47 Å². The molecule has 2 aromatic carbocycles. The number of esters is 1. The van der Waals surface area contributed by atoms with Gasteiger partial charge in [-0.3, -0.25) is 4.79 Å². The first-order chi connectivity index (χ1) is 13.0. The number of carbonyl (C=O) groups is 2. The van der Waals surface area contributed by atoms with Gasteiger partial charge >= 0.3 is 5.97 Å². The summed E-state index contributed by atoms with van der Waals surface area (Å²) in [5.41, 5.74) is 4.31.